The van der Waals surface area contributed by atoms with Crippen molar-refractivity contribution >= 4 is 45.0 Å². The van der Waals surface area contributed by atoms with Crippen LogP contribution in [0.5, 0.6) is 0 Å². The highest BCUT2D eigenvalue weighted by Crippen LogP contribution is 2.22. The fourth-order valence-corrected chi connectivity index (χ4v) is 1.59. The Kier molecular flexibility index (Phi) is 5.88. The number of amides is 1. The Bertz CT molecular complexity index is 407. The second-order valence-corrected chi connectivity index (χ2v) is 4.53. The predicted molar refractivity (Wildman–Crippen MR) is 71.3 cm³/mol. The largest absolute Gasteiger partial charge is 0.349 e. The molecule has 1 aromatic rings. The highest BCUT2D eigenvalue weighted by molar-refractivity contribution is 9.10. The van der Waals surface area contributed by atoms with Crippen LogP contribution in [0.3, 0.4) is 0 Å². The van der Waals surface area contributed by atoms with Crippen LogP contribution in [0.25, 0.3) is 0 Å². The molecule has 2 nitrogen and oxygen atoms in total. The van der Waals surface area contributed by atoms with Crippen LogP contribution in [-0.4, -0.2) is 18.3 Å². The van der Waals surface area contributed by atoms with Gasteiger partial charge < -0.3 is 5.32 Å². The van der Waals surface area contributed by atoms with Gasteiger partial charge >= 0.3 is 0 Å². The second kappa shape index (κ2) is 6.94. The van der Waals surface area contributed by atoms with E-state index in [1.807, 2.05) is 0 Å². The lowest BCUT2D eigenvalue weighted by molar-refractivity contribution is 0.0958. The Morgan fingerprint density at radius 1 is 1.44 bits per heavy atom. The van der Waals surface area contributed by atoms with Gasteiger partial charge in [0.2, 0.25) is 0 Å². The Hall–Kier alpha value is -0.510. The van der Waals surface area contributed by atoms with Crippen molar-refractivity contribution in [3.8, 4) is 0 Å². The van der Waals surface area contributed by atoms with Crippen molar-refractivity contribution < 1.29 is 4.79 Å². The third-order valence-electron chi connectivity index (χ3n) is 1.82. The maximum atomic E-state index is 11.6. The van der Waals surface area contributed by atoms with Crippen LogP contribution in [0.2, 0.25) is 5.02 Å². The fraction of sp³-hybridized carbons (Fsp3) is 0.182. The van der Waals surface area contributed by atoms with Gasteiger partial charge in [-0.15, -0.1) is 11.6 Å². The zero-order chi connectivity index (χ0) is 12.0. The van der Waals surface area contributed by atoms with E-state index in [-0.39, 0.29) is 5.91 Å². The zero-order valence-electron chi connectivity index (χ0n) is 8.34. The number of alkyl halides is 1. The van der Waals surface area contributed by atoms with E-state index in [0.29, 0.717) is 23.0 Å². The van der Waals surface area contributed by atoms with Crippen molar-refractivity contribution in [3.63, 3.8) is 0 Å². The summed E-state index contributed by atoms with van der Waals surface area (Å²) in [7, 11) is 0. The number of carbonyl (C=O) groups excluding carboxylic acids is 1. The Balaban J connectivity index is 2.59. The van der Waals surface area contributed by atoms with Crippen molar-refractivity contribution in [2.75, 3.05) is 12.4 Å². The van der Waals surface area contributed by atoms with Gasteiger partial charge in [0.1, 0.15) is 0 Å². The first-order valence-electron chi connectivity index (χ1n) is 4.59. The second-order valence-electron chi connectivity index (χ2n) is 2.96. The first-order valence-corrected chi connectivity index (χ1v) is 6.30. The lowest BCUT2D eigenvalue weighted by Crippen LogP contribution is -2.23. The van der Waals surface area contributed by atoms with Crippen molar-refractivity contribution in [2.24, 2.45) is 0 Å². The average Bonchev–Trinajstić information content (AvgIpc) is 2.28. The third kappa shape index (κ3) is 4.16. The van der Waals surface area contributed by atoms with Crippen LogP contribution in [0.15, 0.2) is 34.8 Å². The van der Waals surface area contributed by atoms with Gasteiger partial charge in [0, 0.05) is 22.5 Å². The van der Waals surface area contributed by atoms with E-state index >= 15 is 0 Å². The van der Waals surface area contributed by atoms with Gasteiger partial charge in [0.15, 0.2) is 0 Å². The number of hydrogen-bond donors (Lipinski definition) is 1. The molecule has 1 amide bonds. The number of nitrogens with one attached hydrogen (secondary N) is 1. The molecule has 1 N–H and O–H groups in total. The fourth-order valence-electron chi connectivity index (χ4n) is 1.04. The first kappa shape index (κ1) is 13.6. The molecule has 16 heavy (non-hydrogen) atoms. The topological polar surface area (TPSA) is 29.1 Å². The predicted octanol–water partition coefficient (Wildman–Crippen LogP) is 3.63. The molecule has 0 saturated carbocycles. The maximum Gasteiger partial charge on any atom is 0.251 e. The van der Waals surface area contributed by atoms with E-state index < -0.39 is 0 Å². The monoisotopic (exact) mass is 321 g/mol. The summed E-state index contributed by atoms with van der Waals surface area (Å²) in [5.41, 5.74) is 0.535. The van der Waals surface area contributed by atoms with E-state index in [4.69, 9.17) is 23.2 Å². The molecule has 0 aliphatic carbocycles. The van der Waals surface area contributed by atoms with Crippen molar-refractivity contribution in [1.82, 2.24) is 5.32 Å². The number of hydrogen-bond acceptors (Lipinski definition) is 1. The van der Waals surface area contributed by atoms with Gasteiger partial charge in [-0.2, -0.15) is 0 Å². The molecule has 0 unspecified atom stereocenters. The SMILES string of the molecule is O=C(NC/C=C/CCl)c1ccc(Br)c(Cl)c1. The van der Waals surface area contributed by atoms with E-state index in [0.717, 1.165) is 4.47 Å². The number of rotatable bonds is 4. The van der Waals surface area contributed by atoms with E-state index in [2.05, 4.69) is 21.2 Å². The van der Waals surface area contributed by atoms with Gasteiger partial charge in [-0.25, -0.2) is 0 Å². The molecule has 1 aromatic carbocycles. The minimum absolute atomic E-state index is 0.159. The van der Waals surface area contributed by atoms with Crippen molar-refractivity contribution in [2.45, 2.75) is 0 Å². The summed E-state index contributed by atoms with van der Waals surface area (Å²) in [5, 5.41) is 3.24. The molecule has 0 aliphatic rings. The minimum Gasteiger partial charge on any atom is -0.349 e. The standard InChI is InChI=1S/C11H10BrCl2NO/c12-9-4-3-8(7-10(9)14)11(16)15-6-2-1-5-13/h1-4,7H,5-6H2,(H,15,16)/b2-1+. The molecule has 0 fully saturated rings. The summed E-state index contributed by atoms with van der Waals surface area (Å²) in [5.74, 6) is 0.286. The van der Waals surface area contributed by atoms with Gasteiger partial charge in [-0.05, 0) is 34.1 Å². The van der Waals surface area contributed by atoms with Gasteiger partial charge in [0.25, 0.3) is 5.91 Å². The van der Waals surface area contributed by atoms with Crippen LogP contribution in [0.1, 0.15) is 10.4 Å². The van der Waals surface area contributed by atoms with Crippen LogP contribution < -0.4 is 5.32 Å². The van der Waals surface area contributed by atoms with Gasteiger partial charge in [-0.3, -0.25) is 4.79 Å². The van der Waals surface area contributed by atoms with E-state index in [1.54, 1.807) is 30.4 Å². The highest BCUT2D eigenvalue weighted by atomic mass is 79.9. The summed E-state index contributed by atoms with van der Waals surface area (Å²) in [6, 6.07) is 5.06. The van der Waals surface area contributed by atoms with E-state index in [1.165, 1.54) is 0 Å². The molecule has 0 aromatic heterocycles. The molecule has 0 radical (unpaired) electrons. The van der Waals surface area contributed by atoms with Crippen LogP contribution >= 0.6 is 39.1 Å². The molecule has 5 heteroatoms. The molecular formula is C11H10BrCl2NO. The Morgan fingerprint density at radius 3 is 2.81 bits per heavy atom. The molecule has 0 bridgehead atoms. The normalized spacial score (nSPS) is 10.7. The zero-order valence-corrected chi connectivity index (χ0v) is 11.4. The maximum absolute atomic E-state index is 11.6. The summed E-state index contributed by atoms with van der Waals surface area (Å²) in [6.07, 6.45) is 3.57. The quantitative estimate of drug-likeness (QED) is 0.665. The lowest BCUT2D eigenvalue weighted by atomic mass is 10.2. The van der Waals surface area contributed by atoms with Crippen molar-refractivity contribution in [3.05, 3.63) is 45.4 Å². The first-order chi connectivity index (χ1) is 7.65. The number of benzene rings is 1. The van der Waals surface area contributed by atoms with Gasteiger partial charge in [-0.1, -0.05) is 23.8 Å². The third-order valence-corrected chi connectivity index (χ3v) is 3.23. The number of halogens is 3. The molecule has 0 spiro atoms. The lowest BCUT2D eigenvalue weighted by Gasteiger charge is -2.03. The molecule has 86 valence electrons. The molecule has 0 saturated heterocycles. The minimum atomic E-state index is -0.159. The average molecular weight is 323 g/mol. The van der Waals surface area contributed by atoms with Crippen molar-refractivity contribution in [1.29, 1.82) is 0 Å². The summed E-state index contributed by atoms with van der Waals surface area (Å²) >= 11 is 14.6. The Labute approximate surface area is 113 Å². The van der Waals surface area contributed by atoms with Crippen LogP contribution in [0.4, 0.5) is 0 Å². The molecular weight excluding hydrogens is 313 g/mol. The highest BCUT2D eigenvalue weighted by Gasteiger charge is 2.06. The van der Waals surface area contributed by atoms with Crippen LogP contribution in [-0.2, 0) is 0 Å². The molecule has 0 atom stereocenters. The van der Waals surface area contributed by atoms with Gasteiger partial charge in [0.05, 0.1) is 5.02 Å². The Morgan fingerprint density at radius 2 is 2.19 bits per heavy atom. The number of carbonyl (C=O) groups is 1. The smallest absolute Gasteiger partial charge is 0.251 e. The summed E-state index contributed by atoms with van der Waals surface area (Å²) in [4.78, 5) is 11.6. The molecule has 0 aliphatic heterocycles. The molecule has 0 heterocycles. The summed E-state index contributed by atoms with van der Waals surface area (Å²) in [6.45, 7) is 0.458. The number of allylic oxidation sites excluding steroid dienone is 1. The van der Waals surface area contributed by atoms with Crippen LogP contribution in [0, 0.1) is 0 Å². The van der Waals surface area contributed by atoms with E-state index in [9.17, 15) is 4.79 Å². The molecule has 1 rings (SSSR count). The summed E-state index contributed by atoms with van der Waals surface area (Å²) < 4.78 is 0.771.